The Kier molecular flexibility index (Phi) is 5.92. The van der Waals surface area contributed by atoms with Crippen LogP contribution < -0.4 is 5.73 Å². The third-order valence-corrected chi connectivity index (χ3v) is 3.86. The van der Waals surface area contributed by atoms with E-state index in [1.807, 2.05) is 11.8 Å². The maximum Gasteiger partial charge on any atom is 0.225 e. The lowest BCUT2D eigenvalue weighted by Crippen LogP contribution is -2.42. The third-order valence-electron chi connectivity index (χ3n) is 3.86. The van der Waals surface area contributed by atoms with E-state index < -0.39 is 0 Å². The highest BCUT2D eigenvalue weighted by atomic mass is 16.3. The minimum Gasteiger partial charge on any atom is -0.396 e. The predicted octanol–water partition coefficient (Wildman–Crippen LogP) is 0.981. The molecule has 0 aromatic carbocycles. The first-order chi connectivity index (χ1) is 8.10. The normalized spacial score (nSPS) is 29.1. The lowest BCUT2D eigenvalue weighted by atomic mass is 9.78. The molecule has 4 nitrogen and oxygen atoms in total. The summed E-state index contributed by atoms with van der Waals surface area (Å²) in [6.45, 7) is 5.68. The molecule has 100 valence electrons. The van der Waals surface area contributed by atoms with Crippen LogP contribution in [0.3, 0.4) is 0 Å². The van der Waals surface area contributed by atoms with Crippen molar-refractivity contribution in [2.45, 2.75) is 45.6 Å². The van der Waals surface area contributed by atoms with Crippen molar-refractivity contribution >= 4 is 5.91 Å². The maximum atomic E-state index is 12.3. The Morgan fingerprint density at radius 3 is 2.71 bits per heavy atom. The second-order valence-electron chi connectivity index (χ2n) is 5.15. The number of hydrogen-bond acceptors (Lipinski definition) is 3. The summed E-state index contributed by atoms with van der Waals surface area (Å²) in [6, 6.07) is 0.256. The maximum absolute atomic E-state index is 12.3. The van der Waals surface area contributed by atoms with Gasteiger partial charge in [-0.1, -0.05) is 6.92 Å². The molecule has 3 unspecified atom stereocenters. The van der Waals surface area contributed by atoms with Crippen LogP contribution >= 0.6 is 0 Å². The van der Waals surface area contributed by atoms with Gasteiger partial charge in [-0.05, 0) is 38.5 Å². The van der Waals surface area contributed by atoms with Crippen LogP contribution in [0.1, 0.15) is 39.5 Å². The Balaban J connectivity index is 2.50. The number of carbonyl (C=O) groups excluding carboxylic acids is 1. The Bertz CT molecular complexity index is 246. The van der Waals surface area contributed by atoms with Gasteiger partial charge in [0, 0.05) is 31.7 Å². The summed E-state index contributed by atoms with van der Waals surface area (Å²) in [5.74, 6) is 0.831. The van der Waals surface area contributed by atoms with Crippen molar-refractivity contribution in [3.05, 3.63) is 0 Å². The Hall–Kier alpha value is -0.610. The number of rotatable bonds is 5. The van der Waals surface area contributed by atoms with E-state index >= 15 is 0 Å². The number of carbonyl (C=O) groups is 1. The van der Waals surface area contributed by atoms with Gasteiger partial charge >= 0.3 is 0 Å². The smallest absolute Gasteiger partial charge is 0.225 e. The van der Waals surface area contributed by atoms with Gasteiger partial charge in [0.05, 0.1) is 0 Å². The first-order valence-electron chi connectivity index (χ1n) is 6.75. The van der Waals surface area contributed by atoms with E-state index in [9.17, 15) is 4.79 Å². The van der Waals surface area contributed by atoms with Crippen LogP contribution in [0.5, 0.6) is 0 Å². The molecule has 1 aliphatic rings. The van der Waals surface area contributed by atoms with E-state index in [1.165, 1.54) is 0 Å². The second-order valence-corrected chi connectivity index (χ2v) is 5.15. The molecule has 1 rings (SSSR count). The highest BCUT2D eigenvalue weighted by molar-refractivity contribution is 5.79. The molecule has 1 amide bonds. The first kappa shape index (κ1) is 14.5. The summed E-state index contributed by atoms with van der Waals surface area (Å²) < 4.78 is 0. The molecule has 3 atom stereocenters. The van der Waals surface area contributed by atoms with Gasteiger partial charge in [0.25, 0.3) is 0 Å². The van der Waals surface area contributed by atoms with Crippen LogP contribution in [0.15, 0.2) is 0 Å². The molecular formula is C13H26N2O2. The third kappa shape index (κ3) is 3.96. The van der Waals surface area contributed by atoms with Crippen LogP contribution in [0.2, 0.25) is 0 Å². The molecule has 0 heterocycles. The van der Waals surface area contributed by atoms with Crippen molar-refractivity contribution in [3.63, 3.8) is 0 Å². The standard InChI is InChI=1S/C13H26N2O2/c1-3-15(7-4-8-16)13(17)11-5-6-12(14)10(2)9-11/h10-12,16H,3-9,14H2,1-2H3. The van der Waals surface area contributed by atoms with Crippen molar-refractivity contribution in [2.75, 3.05) is 19.7 Å². The van der Waals surface area contributed by atoms with Crippen molar-refractivity contribution in [2.24, 2.45) is 17.6 Å². The van der Waals surface area contributed by atoms with Crippen LogP contribution in [-0.2, 0) is 4.79 Å². The number of nitrogens with zero attached hydrogens (tertiary/aromatic N) is 1. The summed E-state index contributed by atoms with van der Waals surface area (Å²) in [6.07, 6.45) is 3.45. The summed E-state index contributed by atoms with van der Waals surface area (Å²) >= 11 is 0. The van der Waals surface area contributed by atoms with Gasteiger partial charge in [-0.25, -0.2) is 0 Å². The molecule has 1 aliphatic carbocycles. The molecule has 0 bridgehead atoms. The SMILES string of the molecule is CCN(CCCO)C(=O)C1CCC(N)C(C)C1. The highest BCUT2D eigenvalue weighted by Gasteiger charge is 2.31. The summed E-state index contributed by atoms with van der Waals surface area (Å²) in [7, 11) is 0. The molecule has 0 spiro atoms. The predicted molar refractivity (Wildman–Crippen MR) is 68.4 cm³/mol. The van der Waals surface area contributed by atoms with Crippen LogP contribution in [0.4, 0.5) is 0 Å². The molecule has 0 radical (unpaired) electrons. The summed E-state index contributed by atoms with van der Waals surface area (Å²) in [4.78, 5) is 14.2. The lowest BCUT2D eigenvalue weighted by Gasteiger charge is -2.34. The van der Waals surface area contributed by atoms with Gasteiger partial charge in [0.15, 0.2) is 0 Å². The molecule has 1 fully saturated rings. The van der Waals surface area contributed by atoms with Gasteiger partial charge in [-0.3, -0.25) is 4.79 Å². The fraction of sp³-hybridized carbons (Fsp3) is 0.923. The number of hydrogen-bond donors (Lipinski definition) is 2. The molecule has 0 saturated heterocycles. The topological polar surface area (TPSA) is 66.6 Å². The van der Waals surface area contributed by atoms with Crippen molar-refractivity contribution in [1.29, 1.82) is 0 Å². The Labute approximate surface area is 104 Å². The lowest BCUT2D eigenvalue weighted by molar-refractivity contribution is -0.137. The van der Waals surface area contributed by atoms with E-state index in [-0.39, 0.29) is 24.5 Å². The molecule has 4 heteroatoms. The molecule has 1 saturated carbocycles. The summed E-state index contributed by atoms with van der Waals surface area (Å²) in [5.41, 5.74) is 5.97. The Morgan fingerprint density at radius 1 is 1.47 bits per heavy atom. The van der Waals surface area contributed by atoms with Gasteiger partial charge in [0.2, 0.25) is 5.91 Å². The molecule has 0 aromatic heterocycles. The average molecular weight is 242 g/mol. The van der Waals surface area contributed by atoms with Crippen molar-refractivity contribution in [1.82, 2.24) is 4.90 Å². The molecule has 3 N–H and O–H groups in total. The van der Waals surface area contributed by atoms with Crippen LogP contribution in [0, 0.1) is 11.8 Å². The monoisotopic (exact) mass is 242 g/mol. The minimum absolute atomic E-state index is 0.142. The zero-order chi connectivity index (χ0) is 12.8. The number of nitrogens with two attached hydrogens (primary N) is 1. The quantitative estimate of drug-likeness (QED) is 0.755. The van der Waals surface area contributed by atoms with Crippen LogP contribution in [0.25, 0.3) is 0 Å². The average Bonchev–Trinajstić information content (AvgIpc) is 2.33. The summed E-state index contributed by atoms with van der Waals surface area (Å²) in [5, 5.41) is 8.83. The highest BCUT2D eigenvalue weighted by Crippen LogP contribution is 2.29. The largest absolute Gasteiger partial charge is 0.396 e. The second kappa shape index (κ2) is 6.97. The zero-order valence-electron chi connectivity index (χ0n) is 11.1. The zero-order valence-corrected chi connectivity index (χ0v) is 11.1. The van der Waals surface area contributed by atoms with Crippen LogP contribution in [-0.4, -0.2) is 41.7 Å². The van der Waals surface area contributed by atoms with Gasteiger partial charge in [0.1, 0.15) is 0 Å². The number of aliphatic hydroxyl groups is 1. The van der Waals surface area contributed by atoms with Gasteiger partial charge in [-0.2, -0.15) is 0 Å². The number of aliphatic hydroxyl groups excluding tert-OH is 1. The van der Waals surface area contributed by atoms with E-state index in [2.05, 4.69) is 6.92 Å². The fourth-order valence-electron chi connectivity index (χ4n) is 2.59. The molecular weight excluding hydrogens is 216 g/mol. The van der Waals surface area contributed by atoms with Crippen molar-refractivity contribution < 1.29 is 9.90 Å². The minimum atomic E-state index is 0.142. The van der Waals surface area contributed by atoms with Gasteiger partial charge < -0.3 is 15.7 Å². The molecule has 17 heavy (non-hydrogen) atoms. The first-order valence-corrected chi connectivity index (χ1v) is 6.75. The van der Waals surface area contributed by atoms with E-state index in [0.29, 0.717) is 18.9 Å². The molecule has 0 aliphatic heterocycles. The number of amides is 1. The van der Waals surface area contributed by atoms with E-state index in [4.69, 9.17) is 10.8 Å². The fourth-order valence-corrected chi connectivity index (χ4v) is 2.59. The van der Waals surface area contributed by atoms with Crippen molar-refractivity contribution in [3.8, 4) is 0 Å². The van der Waals surface area contributed by atoms with Gasteiger partial charge in [-0.15, -0.1) is 0 Å². The van der Waals surface area contributed by atoms with E-state index in [1.54, 1.807) is 0 Å². The molecule has 0 aromatic rings. The Morgan fingerprint density at radius 2 is 2.18 bits per heavy atom. The van der Waals surface area contributed by atoms with E-state index in [0.717, 1.165) is 25.8 Å².